The van der Waals surface area contributed by atoms with Gasteiger partial charge in [-0.2, -0.15) is 31.4 Å². The predicted octanol–water partition coefficient (Wildman–Crippen LogP) is 7.75. The van der Waals surface area contributed by atoms with E-state index < -0.39 is 46.5 Å². The van der Waals surface area contributed by atoms with Gasteiger partial charge in [-0.25, -0.2) is 0 Å². The molecule has 2 aromatic carbocycles. The van der Waals surface area contributed by atoms with E-state index in [1.807, 2.05) is 27.7 Å². The summed E-state index contributed by atoms with van der Waals surface area (Å²) in [5.74, 6) is -0.568. The maximum atomic E-state index is 13.8. The van der Waals surface area contributed by atoms with Crippen LogP contribution in [0.15, 0.2) is 36.4 Å². The SMILES string of the molecule is C[C@@H]1C[C@@H](O)CN1C(=O)[C@@H](NCCOCCOCCOCCOCCCCCOc1ccc(-c2cc(C(F)(F)F)nn2C)c(O)c1-c1ccc(Cl)c(C(F)(F)F)c1)C(C)(C)C. The molecular formula is C42H57ClF6N4O8. The van der Waals surface area contributed by atoms with Crippen LogP contribution in [0, 0.1) is 5.41 Å². The Balaban J connectivity index is 1.11. The number of β-amino-alcohol motifs (C(OH)–C–C–N with tert-alkyl or cyclic N) is 1. The molecule has 3 aromatic rings. The van der Waals surface area contributed by atoms with Gasteiger partial charge in [0.15, 0.2) is 5.69 Å². The lowest BCUT2D eigenvalue weighted by atomic mass is 9.85. The number of aromatic nitrogens is 2. The first-order chi connectivity index (χ1) is 28.7. The molecule has 1 amide bonds. The molecule has 0 saturated carbocycles. The molecule has 0 radical (unpaired) electrons. The summed E-state index contributed by atoms with van der Waals surface area (Å²) in [6, 6.07) is 6.09. The van der Waals surface area contributed by atoms with E-state index in [2.05, 4.69) is 10.4 Å². The van der Waals surface area contributed by atoms with E-state index in [-0.39, 0.29) is 52.1 Å². The van der Waals surface area contributed by atoms with Crippen LogP contribution in [0.5, 0.6) is 11.5 Å². The normalized spacial score (nSPS) is 16.7. The minimum absolute atomic E-state index is 0.00210. The molecular weight excluding hydrogens is 838 g/mol. The largest absolute Gasteiger partial charge is 0.506 e. The van der Waals surface area contributed by atoms with Crippen molar-refractivity contribution in [2.24, 2.45) is 12.5 Å². The van der Waals surface area contributed by atoms with Crippen LogP contribution in [0.1, 0.15) is 64.6 Å². The van der Waals surface area contributed by atoms with E-state index in [4.69, 9.17) is 35.3 Å². The molecule has 61 heavy (non-hydrogen) atoms. The lowest BCUT2D eigenvalue weighted by Crippen LogP contribution is -2.54. The van der Waals surface area contributed by atoms with Crippen LogP contribution in [0.25, 0.3) is 22.4 Å². The number of halogens is 7. The van der Waals surface area contributed by atoms with Crippen molar-refractivity contribution in [1.29, 1.82) is 0 Å². The summed E-state index contributed by atoms with van der Waals surface area (Å²) in [4.78, 5) is 14.9. The van der Waals surface area contributed by atoms with Crippen LogP contribution in [0.3, 0.4) is 0 Å². The number of nitrogens with one attached hydrogen (secondary N) is 1. The quantitative estimate of drug-likeness (QED) is 0.0641. The lowest BCUT2D eigenvalue weighted by Gasteiger charge is -2.35. The molecule has 1 aliphatic rings. The zero-order valence-electron chi connectivity index (χ0n) is 35.1. The summed E-state index contributed by atoms with van der Waals surface area (Å²) in [6.45, 7) is 12.1. The zero-order chi connectivity index (χ0) is 45.0. The molecule has 1 saturated heterocycles. The fraction of sp³-hybridized carbons (Fsp3) is 0.619. The van der Waals surface area contributed by atoms with Crippen molar-refractivity contribution in [2.75, 3.05) is 72.6 Å². The summed E-state index contributed by atoms with van der Waals surface area (Å²) in [5.41, 5.74) is -3.11. The van der Waals surface area contributed by atoms with Crippen molar-refractivity contribution < 1.29 is 65.0 Å². The molecule has 2 heterocycles. The van der Waals surface area contributed by atoms with Gasteiger partial charge in [0.25, 0.3) is 0 Å². The van der Waals surface area contributed by atoms with E-state index in [0.717, 1.165) is 22.9 Å². The Morgan fingerprint density at radius 2 is 1.48 bits per heavy atom. The number of carbonyl (C=O) groups is 1. The van der Waals surface area contributed by atoms with Crippen LogP contribution in [-0.4, -0.2) is 122 Å². The first-order valence-electron chi connectivity index (χ1n) is 20.2. The molecule has 1 aromatic heterocycles. The number of aliphatic hydroxyl groups excluding tert-OH is 1. The number of ether oxygens (including phenoxy) is 5. The highest BCUT2D eigenvalue weighted by molar-refractivity contribution is 6.31. The number of alkyl halides is 6. The second-order valence-corrected chi connectivity index (χ2v) is 16.3. The third-order valence-corrected chi connectivity index (χ3v) is 10.3. The molecule has 0 unspecified atom stereocenters. The molecule has 342 valence electrons. The lowest BCUT2D eigenvalue weighted by molar-refractivity contribution is -0.141. The molecule has 3 atom stereocenters. The van der Waals surface area contributed by atoms with Crippen molar-refractivity contribution in [3.8, 4) is 33.9 Å². The van der Waals surface area contributed by atoms with Crippen LogP contribution in [0.4, 0.5) is 26.3 Å². The standard InChI is InChI=1S/C42H57ClF6N4O8/c1-27-23-29(54)26-53(27)39(56)38(40(2,3)4)50-13-16-58-18-20-60-22-21-59-19-17-57-14-7-6-8-15-61-34-12-10-30(33-25-35(42(47,48)49)51-52(33)5)37(55)36(34)28-9-11-32(43)31(24-28)41(44,45)46/h9-12,24-25,27,29,38,50,54-55H,6-8,13-23,26H2,1-5H3/t27-,29-,38-/m1/s1. The molecule has 1 fully saturated rings. The first kappa shape index (κ1) is 50.0. The Morgan fingerprint density at radius 1 is 0.869 bits per heavy atom. The Bertz CT molecular complexity index is 1860. The van der Waals surface area contributed by atoms with Crippen LogP contribution in [-0.2, 0) is 43.1 Å². The number of hydrogen-bond acceptors (Lipinski definition) is 10. The highest BCUT2D eigenvalue weighted by Gasteiger charge is 2.40. The second-order valence-electron chi connectivity index (χ2n) is 15.9. The number of aliphatic hydroxyl groups is 1. The van der Waals surface area contributed by atoms with Crippen molar-refractivity contribution in [2.45, 2.75) is 83.9 Å². The summed E-state index contributed by atoms with van der Waals surface area (Å²) in [7, 11) is 1.26. The molecule has 0 spiro atoms. The third-order valence-electron chi connectivity index (χ3n) is 10.00. The Morgan fingerprint density at radius 3 is 2.03 bits per heavy atom. The topological polar surface area (TPSA) is 137 Å². The summed E-state index contributed by atoms with van der Waals surface area (Å²) in [5, 5.41) is 27.5. The number of rotatable bonds is 23. The molecule has 3 N–H and O–H groups in total. The molecule has 19 heteroatoms. The average molecular weight is 895 g/mol. The summed E-state index contributed by atoms with van der Waals surface area (Å²) in [6.07, 6.45) is -7.58. The number of likely N-dealkylation sites (tertiary alicyclic amines) is 1. The number of unbranched alkanes of at least 4 members (excludes halogenated alkanes) is 2. The molecule has 12 nitrogen and oxygen atoms in total. The number of carbonyl (C=O) groups excluding carboxylic acids is 1. The van der Waals surface area contributed by atoms with Crippen LogP contribution < -0.4 is 10.1 Å². The van der Waals surface area contributed by atoms with Gasteiger partial charge < -0.3 is 44.1 Å². The van der Waals surface area contributed by atoms with E-state index in [1.54, 1.807) is 4.90 Å². The summed E-state index contributed by atoms with van der Waals surface area (Å²) >= 11 is 5.83. The van der Waals surface area contributed by atoms with Gasteiger partial charge in [-0.3, -0.25) is 9.48 Å². The van der Waals surface area contributed by atoms with Gasteiger partial charge in [-0.1, -0.05) is 38.4 Å². The van der Waals surface area contributed by atoms with Gasteiger partial charge in [-0.05, 0) is 73.9 Å². The predicted molar refractivity (Wildman–Crippen MR) is 216 cm³/mol. The van der Waals surface area contributed by atoms with Gasteiger partial charge in [0.05, 0.1) is 86.8 Å². The highest BCUT2D eigenvalue weighted by Crippen LogP contribution is 2.47. The third kappa shape index (κ3) is 14.7. The van der Waals surface area contributed by atoms with Gasteiger partial charge in [0.1, 0.15) is 11.5 Å². The maximum Gasteiger partial charge on any atom is 0.435 e. The second kappa shape index (κ2) is 22.6. The fourth-order valence-corrected chi connectivity index (χ4v) is 7.10. The van der Waals surface area contributed by atoms with Crippen molar-refractivity contribution in [3.63, 3.8) is 0 Å². The van der Waals surface area contributed by atoms with Gasteiger partial charge in [0, 0.05) is 38.3 Å². The monoisotopic (exact) mass is 894 g/mol. The number of aryl methyl sites for hydroxylation is 1. The minimum Gasteiger partial charge on any atom is -0.506 e. The van der Waals surface area contributed by atoms with E-state index in [1.165, 1.54) is 25.2 Å². The number of aromatic hydroxyl groups is 1. The van der Waals surface area contributed by atoms with E-state index >= 15 is 0 Å². The Kier molecular flexibility index (Phi) is 18.5. The zero-order valence-corrected chi connectivity index (χ0v) is 35.9. The van der Waals surface area contributed by atoms with Gasteiger partial charge >= 0.3 is 12.4 Å². The number of benzene rings is 2. The van der Waals surface area contributed by atoms with Gasteiger partial charge in [-0.15, -0.1) is 0 Å². The minimum atomic E-state index is -4.81. The van der Waals surface area contributed by atoms with E-state index in [9.17, 15) is 41.4 Å². The van der Waals surface area contributed by atoms with E-state index in [0.29, 0.717) is 91.6 Å². The van der Waals surface area contributed by atoms with Gasteiger partial charge in [0.2, 0.25) is 5.91 Å². The molecule has 1 aliphatic heterocycles. The molecule has 0 aliphatic carbocycles. The summed E-state index contributed by atoms with van der Waals surface area (Å²) < 4.78 is 111. The fourth-order valence-electron chi connectivity index (χ4n) is 6.88. The van der Waals surface area contributed by atoms with Crippen molar-refractivity contribution in [1.82, 2.24) is 20.0 Å². The average Bonchev–Trinajstić information content (AvgIpc) is 3.73. The van der Waals surface area contributed by atoms with Crippen molar-refractivity contribution in [3.05, 3.63) is 52.7 Å². The molecule has 4 rings (SSSR count). The number of nitrogens with zero attached hydrogens (tertiary/aromatic N) is 3. The number of phenols is 1. The smallest absolute Gasteiger partial charge is 0.435 e. The number of hydrogen-bond donors (Lipinski definition) is 3. The van der Waals surface area contributed by atoms with Crippen LogP contribution >= 0.6 is 11.6 Å². The highest BCUT2D eigenvalue weighted by atomic mass is 35.5. The van der Waals surface area contributed by atoms with Crippen LogP contribution in [0.2, 0.25) is 5.02 Å². The maximum absolute atomic E-state index is 13.8. The molecule has 0 bridgehead atoms. The number of amides is 1. The first-order valence-corrected chi connectivity index (χ1v) is 20.6. The number of phenolic OH excluding ortho intramolecular Hbond substituents is 1. The Labute approximate surface area is 357 Å². The Hall–Kier alpha value is -3.65. The van der Waals surface area contributed by atoms with Crippen molar-refractivity contribution >= 4 is 17.5 Å².